The van der Waals surface area contributed by atoms with Crippen molar-refractivity contribution in [3.63, 3.8) is 0 Å². The predicted octanol–water partition coefficient (Wildman–Crippen LogP) is 1.96. The summed E-state index contributed by atoms with van der Waals surface area (Å²) in [6.45, 7) is 3.29. The first-order valence-corrected chi connectivity index (χ1v) is 4.79. The number of hydrogen-bond donors (Lipinski definition) is 0. The third-order valence-corrected chi connectivity index (χ3v) is 1.37. The highest BCUT2D eigenvalue weighted by Crippen LogP contribution is 1.88. The first-order valence-electron chi connectivity index (χ1n) is 4.79. The van der Waals surface area contributed by atoms with Crippen LogP contribution in [0.5, 0.6) is 0 Å². The largest absolute Gasteiger partial charge is 0.393 e. The topological polar surface area (TPSA) is 56.3 Å². The summed E-state index contributed by atoms with van der Waals surface area (Å²) in [7, 11) is 0. The van der Waals surface area contributed by atoms with E-state index in [2.05, 4.69) is 9.72 Å². The minimum atomic E-state index is -0.457. The fraction of sp³-hybridized carbons (Fsp3) is 0.364. The number of aromatic nitrogens is 1. The van der Waals surface area contributed by atoms with Crippen molar-refractivity contribution in [3.8, 4) is 0 Å². The van der Waals surface area contributed by atoms with Gasteiger partial charge in [0.25, 0.3) is 0 Å². The molecule has 4 heteroatoms. The maximum absolute atomic E-state index is 10.3. The number of hydrogen-bond acceptors (Lipinski definition) is 4. The van der Waals surface area contributed by atoms with E-state index in [1.165, 1.54) is 0 Å². The molecule has 0 saturated heterocycles. The van der Waals surface area contributed by atoms with Gasteiger partial charge in [-0.2, -0.15) is 0 Å². The van der Waals surface area contributed by atoms with E-state index >= 15 is 0 Å². The van der Waals surface area contributed by atoms with Crippen LogP contribution in [0.3, 0.4) is 0 Å². The first-order chi connectivity index (χ1) is 7.20. The molecule has 0 aliphatic heterocycles. The van der Waals surface area contributed by atoms with Crippen LogP contribution in [-0.4, -0.2) is 16.9 Å². The number of carbonyl (C=O) groups excluding carboxylic acids is 2. The van der Waals surface area contributed by atoms with E-state index in [0.29, 0.717) is 0 Å². The van der Waals surface area contributed by atoms with E-state index in [1.807, 2.05) is 18.2 Å². The minimum absolute atomic E-state index is 0.256. The third-order valence-electron chi connectivity index (χ3n) is 1.37. The second-order valence-electron chi connectivity index (χ2n) is 2.58. The van der Waals surface area contributed by atoms with Crippen molar-refractivity contribution in [3.05, 3.63) is 30.6 Å². The van der Waals surface area contributed by atoms with Crippen molar-refractivity contribution in [2.75, 3.05) is 0 Å². The number of nitrogens with zero attached hydrogens (tertiary/aromatic N) is 1. The molecule has 0 bridgehead atoms. The highest BCUT2D eigenvalue weighted by atomic mass is 16.6. The number of esters is 2. The van der Waals surface area contributed by atoms with Crippen molar-refractivity contribution in [1.82, 2.24) is 4.98 Å². The van der Waals surface area contributed by atoms with Crippen LogP contribution in [0.1, 0.15) is 26.7 Å². The zero-order valence-corrected chi connectivity index (χ0v) is 8.97. The summed E-state index contributed by atoms with van der Waals surface area (Å²) < 4.78 is 4.27. The number of ether oxygens (including phenoxy) is 1. The second kappa shape index (κ2) is 8.87. The van der Waals surface area contributed by atoms with Crippen LogP contribution in [0.2, 0.25) is 0 Å². The quantitative estimate of drug-likeness (QED) is 0.552. The van der Waals surface area contributed by atoms with Gasteiger partial charge in [-0.3, -0.25) is 14.6 Å². The van der Waals surface area contributed by atoms with E-state index in [9.17, 15) is 9.59 Å². The summed E-state index contributed by atoms with van der Waals surface area (Å²) in [4.78, 5) is 24.5. The molecule has 1 aromatic rings. The van der Waals surface area contributed by atoms with Gasteiger partial charge < -0.3 is 4.74 Å². The predicted molar refractivity (Wildman–Crippen MR) is 55.9 cm³/mol. The number of rotatable bonds is 2. The van der Waals surface area contributed by atoms with E-state index in [1.54, 1.807) is 26.2 Å². The molecular weight excluding hydrogens is 194 g/mol. The summed E-state index contributed by atoms with van der Waals surface area (Å²) in [5.74, 6) is -0.913. The molecule has 1 aromatic heterocycles. The Hall–Kier alpha value is -1.71. The van der Waals surface area contributed by atoms with E-state index in [4.69, 9.17) is 0 Å². The normalized spacial score (nSPS) is 8.40. The Balaban J connectivity index is 0.000000280. The lowest BCUT2D eigenvalue weighted by molar-refractivity contribution is -0.159. The van der Waals surface area contributed by atoms with Gasteiger partial charge in [-0.25, -0.2) is 0 Å². The molecule has 1 heterocycles. The van der Waals surface area contributed by atoms with Gasteiger partial charge in [-0.15, -0.1) is 0 Å². The molecule has 15 heavy (non-hydrogen) atoms. The Bertz CT molecular complexity index is 244. The van der Waals surface area contributed by atoms with Gasteiger partial charge in [-0.05, 0) is 12.1 Å². The molecule has 0 fully saturated rings. The molecule has 0 spiro atoms. The molecule has 0 N–H and O–H groups in total. The second-order valence-corrected chi connectivity index (χ2v) is 2.58. The molecule has 0 aliphatic rings. The van der Waals surface area contributed by atoms with Crippen LogP contribution in [0.4, 0.5) is 0 Å². The SMILES string of the molecule is CCC(=O)OC(=O)CC.c1ccncc1. The van der Waals surface area contributed by atoms with Crippen LogP contribution in [0, 0.1) is 0 Å². The lowest BCUT2D eigenvalue weighted by atomic mass is 10.5. The molecule has 0 amide bonds. The highest BCUT2D eigenvalue weighted by molar-refractivity contribution is 5.84. The molecule has 82 valence electrons. The lowest BCUT2D eigenvalue weighted by Gasteiger charge is -1.95. The fourth-order valence-corrected chi connectivity index (χ4v) is 0.584. The average Bonchev–Trinajstić information content (AvgIpc) is 2.31. The maximum Gasteiger partial charge on any atom is 0.313 e. The molecule has 4 nitrogen and oxygen atoms in total. The molecule has 0 saturated carbocycles. The smallest absolute Gasteiger partial charge is 0.313 e. The minimum Gasteiger partial charge on any atom is -0.393 e. The molecule has 0 unspecified atom stereocenters. The first kappa shape index (κ1) is 13.3. The number of carbonyl (C=O) groups is 2. The Labute approximate surface area is 89.3 Å². The monoisotopic (exact) mass is 209 g/mol. The number of pyridine rings is 1. The van der Waals surface area contributed by atoms with Gasteiger partial charge in [0.1, 0.15) is 0 Å². The highest BCUT2D eigenvalue weighted by Gasteiger charge is 2.03. The molecule has 0 atom stereocenters. The van der Waals surface area contributed by atoms with Crippen molar-refractivity contribution in [2.45, 2.75) is 26.7 Å². The molecular formula is C11H15NO3. The fourth-order valence-electron chi connectivity index (χ4n) is 0.584. The molecule has 0 aliphatic carbocycles. The van der Waals surface area contributed by atoms with Crippen LogP contribution >= 0.6 is 0 Å². The summed E-state index contributed by atoms with van der Waals surface area (Å²) in [5.41, 5.74) is 0. The van der Waals surface area contributed by atoms with Gasteiger partial charge in [-0.1, -0.05) is 19.9 Å². The van der Waals surface area contributed by atoms with Crippen LogP contribution in [-0.2, 0) is 14.3 Å². The Morgan fingerprint density at radius 2 is 1.47 bits per heavy atom. The average molecular weight is 209 g/mol. The van der Waals surface area contributed by atoms with Gasteiger partial charge in [0.05, 0.1) is 0 Å². The van der Waals surface area contributed by atoms with Crippen molar-refractivity contribution in [1.29, 1.82) is 0 Å². The van der Waals surface area contributed by atoms with Gasteiger partial charge in [0.2, 0.25) is 0 Å². The van der Waals surface area contributed by atoms with Gasteiger partial charge in [0, 0.05) is 25.2 Å². The standard InChI is InChI=1S/C6H10O3.C5H5N/c1-3-5(7)9-6(8)4-2;1-2-4-6-5-3-1/h3-4H2,1-2H3;1-5H. The zero-order chi connectivity index (χ0) is 11.5. The van der Waals surface area contributed by atoms with Crippen molar-refractivity contribution in [2.24, 2.45) is 0 Å². The Morgan fingerprint density at radius 1 is 1.00 bits per heavy atom. The third kappa shape index (κ3) is 8.62. The van der Waals surface area contributed by atoms with Crippen molar-refractivity contribution < 1.29 is 14.3 Å². The van der Waals surface area contributed by atoms with E-state index in [-0.39, 0.29) is 12.8 Å². The summed E-state index contributed by atoms with van der Waals surface area (Å²) >= 11 is 0. The summed E-state index contributed by atoms with van der Waals surface area (Å²) in [6, 6.07) is 5.72. The molecule has 0 radical (unpaired) electrons. The van der Waals surface area contributed by atoms with Crippen molar-refractivity contribution >= 4 is 11.9 Å². The molecule has 1 rings (SSSR count). The van der Waals surface area contributed by atoms with Gasteiger partial charge in [0.15, 0.2) is 0 Å². The zero-order valence-electron chi connectivity index (χ0n) is 8.97. The molecule has 0 aromatic carbocycles. The van der Waals surface area contributed by atoms with E-state index < -0.39 is 11.9 Å². The Morgan fingerprint density at radius 3 is 1.67 bits per heavy atom. The van der Waals surface area contributed by atoms with Crippen LogP contribution in [0.25, 0.3) is 0 Å². The lowest BCUT2D eigenvalue weighted by Crippen LogP contribution is -2.09. The summed E-state index contributed by atoms with van der Waals surface area (Å²) in [6.07, 6.45) is 4.01. The Kier molecular flexibility index (Phi) is 7.86. The van der Waals surface area contributed by atoms with E-state index in [0.717, 1.165) is 0 Å². The van der Waals surface area contributed by atoms with Crippen LogP contribution in [0.15, 0.2) is 30.6 Å². The van der Waals surface area contributed by atoms with Crippen LogP contribution < -0.4 is 0 Å². The maximum atomic E-state index is 10.3. The van der Waals surface area contributed by atoms with Gasteiger partial charge >= 0.3 is 11.9 Å². The summed E-state index contributed by atoms with van der Waals surface area (Å²) in [5, 5.41) is 0.